The summed E-state index contributed by atoms with van der Waals surface area (Å²) in [5, 5.41) is 7.62. The maximum atomic E-state index is 12.6. The molecule has 138 valence electrons. The molecule has 5 rings (SSSR count). The monoisotopic (exact) mass is 388 g/mol. The van der Waals surface area contributed by atoms with Gasteiger partial charge in [-0.3, -0.25) is 10.1 Å². The highest BCUT2D eigenvalue weighted by Crippen LogP contribution is 2.33. The van der Waals surface area contributed by atoms with Crippen molar-refractivity contribution < 1.29 is 14.3 Å². The fourth-order valence-electron chi connectivity index (χ4n) is 3.24. The summed E-state index contributed by atoms with van der Waals surface area (Å²) in [6.07, 6.45) is -0.709. The minimum absolute atomic E-state index is 0.171. The lowest BCUT2D eigenvalue weighted by Gasteiger charge is -2.25. The molecule has 0 aliphatic carbocycles. The molecule has 0 radical (unpaired) electrons. The number of benzene rings is 3. The van der Waals surface area contributed by atoms with Gasteiger partial charge in [-0.25, -0.2) is 4.98 Å². The number of carbonyl (C=O) groups excluding carboxylic acids is 1. The maximum absolute atomic E-state index is 12.6. The van der Waals surface area contributed by atoms with Crippen LogP contribution in [0.4, 0.5) is 5.13 Å². The lowest BCUT2D eigenvalue weighted by Crippen LogP contribution is -2.40. The van der Waals surface area contributed by atoms with E-state index in [2.05, 4.69) is 28.5 Å². The van der Waals surface area contributed by atoms with Crippen LogP contribution >= 0.6 is 11.3 Å². The van der Waals surface area contributed by atoms with Crippen molar-refractivity contribution in [2.45, 2.75) is 6.10 Å². The number of fused-ring (bicyclic) bond motifs is 2. The van der Waals surface area contributed by atoms with Crippen molar-refractivity contribution in [3.8, 4) is 22.8 Å². The van der Waals surface area contributed by atoms with Gasteiger partial charge >= 0.3 is 0 Å². The molecule has 1 aromatic heterocycles. The second-order valence-corrected chi connectivity index (χ2v) is 7.28. The van der Waals surface area contributed by atoms with E-state index in [4.69, 9.17) is 9.47 Å². The zero-order valence-corrected chi connectivity index (χ0v) is 15.6. The Hall–Kier alpha value is -3.38. The molecule has 0 saturated carbocycles. The second-order valence-electron chi connectivity index (χ2n) is 6.42. The molecule has 6 heteroatoms. The zero-order chi connectivity index (χ0) is 18.9. The van der Waals surface area contributed by atoms with Gasteiger partial charge in [0.05, 0.1) is 5.69 Å². The third-order valence-electron chi connectivity index (χ3n) is 4.60. The molecule has 2 heterocycles. The van der Waals surface area contributed by atoms with Crippen molar-refractivity contribution in [2.24, 2.45) is 0 Å². The summed E-state index contributed by atoms with van der Waals surface area (Å²) >= 11 is 1.39. The number of amides is 1. The van der Waals surface area contributed by atoms with Crippen LogP contribution in [0.15, 0.2) is 72.1 Å². The van der Waals surface area contributed by atoms with E-state index in [0.717, 1.165) is 22.0 Å². The number of ether oxygens (including phenoxy) is 2. The van der Waals surface area contributed by atoms with Gasteiger partial charge in [0.15, 0.2) is 16.6 Å². The zero-order valence-electron chi connectivity index (χ0n) is 14.8. The highest BCUT2D eigenvalue weighted by atomic mass is 32.1. The molecule has 1 atom stereocenters. The summed E-state index contributed by atoms with van der Waals surface area (Å²) in [6.45, 7) is 0.171. The number of carbonyl (C=O) groups is 1. The van der Waals surface area contributed by atoms with Crippen LogP contribution in [0.1, 0.15) is 0 Å². The predicted molar refractivity (Wildman–Crippen MR) is 110 cm³/mol. The number of hydrogen-bond acceptors (Lipinski definition) is 5. The molecular formula is C22H16N2O3S. The normalized spacial score (nSPS) is 15.4. The summed E-state index contributed by atoms with van der Waals surface area (Å²) in [6, 6.07) is 21.6. The van der Waals surface area contributed by atoms with E-state index >= 15 is 0 Å². The van der Waals surface area contributed by atoms with Crippen molar-refractivity contribution in [3.63, 3.8) is 0 Å². The van der Waals surface area contributed by atoms with Crippen molar-refractivity contribution in [2.75, 3.05) is 11.9 Å². The van der Waals surface area contributed by atoms with Crippen molar-refractivity contribution >= 4 is 33.1 Å². The summed E-state index contributed by atoms with van der Waals surface area (Å²) in [7, 11) is 0. The average molecular weight is 388 g/mol. The molecule has 1 aliphatic rings. The van der Waals surface area contributed by atoms with E-state index < -0.39 is 6.10 Å². The van der Waals surface area contributed by atoms with Gasteiger partial charge in [0.2, 0.25) is 6.10 Å². The van der Waals surface area contributed by atoms with E-state index in [1.54, 1.807) is 6.07 Å². The Morgan fingerprint density at radius 3 is 2.71 bits per heavy atom. The quantitative estimate of drug-likeness (QED) is 0.551. The standard InChI is InChI=1S/C22H16N2O3S/c25-21(20-12-26-18-10-3-4-11-19(18)27-20)24-22-23-17(13-28-22)16-9-5-7-14-6-1-2-8-15(14)16/h1-11,13,20H,12H2,(H,23,24,25). The second kappa shape index (κ2) is 6.98. The third-order valence-corrected chi connectivity index (χ3v) is 5.36. The third kappa shape index (κ3) is 3.08. The molecular weight excluding hydrogens is 372 g/mol. The highest BCUT2D eigenvalue weighted by Gasteiger charge is 2.28. The Kier molecular flexibility index (Phi) is 4.18. The molecule has 0 saturated heterocycles. The molecule has 28 heavy (non-hydrogen) atoms. The van der Waals surface area contributed by atoms with Crippen LogP contribution in [0, 0.1) is 0 Å². The first-order valence-electron chi connectivity index (χ1n) is 8.91. The molecule has 1 unspecified atom stereocenters. The van der Waals surface area contributed by atoms with Crippen LogP contribution < -0.4 is 14.8 Å². The average Bonchev–Trinajstić information content (AvgIpc) is 3.21. The first-order valence-corrected chi connectivity index (χ1v) is 9.79. The lowest BCUT2D eigenvalue weighted by atomic mass is 10.0. The molecule has 0 spiro atoms. The number of thiazole rings is 1. The topological polar surface area (TPSA) is 60.5 Å². The minimum Gasteiger partial charge on any atom is -0.485 e. The van der Waals surface area contributed by atoms with E-state index in [9.17, 15) is 4.79 Å². The summed E-state index contributed by atoms with van der Waals surface area (Å²) in [5.74, 6) is 0.955. The van der Waals surface area contributed by atoms with Crippen LogP contribution in [0.2, 0.25) is 0 Å². The van der Waals surface area contributed by atoms with Crippen molar-refractivity contribution in [3.05, 3.63) is 72.1 Å². The molecule has 4 aromatic rings. The summed E-state index contributed by atoms with van der Waals surface area (Å²) in [5.41, 5.74) is 1.88. The first kappa shape index (κ1) is 16.8. The van der Waals surface area contributed by atoms with Gasteiger partial charge in [-0.05, 0) is 22.9 Å². The van der Waals surface area contributed by atoms with Crippen LogP contribution in [0.5, 0.6) is 11.5 Å². The van der Waals surface area contributed by atoms with Crippen LogP contribution in [-0.2, 0) is 4.79 Å². The smallest absolute Gasteiger partial charge is 0.270 e. The summed E-state index contributed by atoms with van der Waals surface area (Å²) in [4.78, 5) is 17.2. The van der Waals surface area contributed by atoms with Gasteiger partial charge in [0, 0.05) is 10.9 Å². The van der Waals surface area contributed by atoms with Crippen molar-refractivity contribution in [1.82, 2.24) is 4.98 Å². The number of nitrogens with one attached hydrogen (secondary N) is 1. The molecule has 3 aromatic carbocycles. The number of nitrogens with zero attached hydrogens (tertiary/aromatic N) is 1. The Balaban J connectivity index is 1.35. The minimum atomic E-state index is -0.709. The predicted octanol–water partition coefficient (Wildman–Crippen LogP) is 4.74. The fourth-order valence-corrected chi connectivity index (χ4v) is 3.95. The van der Waals surface area contributed by atoms with Crippen LogP contribution in [0.3, 0.4) is 0 Å². The van der Waals surface area contributed by atoms with E-state index in [1.165, 1.54) is 11.3 Å². The number of anilines is 1. The van der Waals surface area contributed by atoms with Gasteiger partial charge in [-0.1, -0.05) is 54.6 Å². The van der Waals surface area contributed by atoms with Gasteiger partial charge in [0.25, 0.3) is 5.91 Å². The van der Waals surface area contributed by atoms with E-state index in [0.29, 0.717) is 16.6 Å². The van der Waals surface area contributed by atoms with E-state index in [1.807, 2.05) is 47.8 Å². The fraction of sp³-hybridized carbons (Fsp3) is 0.0909. The van der Waals surface area contributed by atoms with Gasteiger partial charge < -0.3 is 9.47 Å². The Morgan fingerprint density at radius 1 is 1.00 bits per heavy atom. The number of aromatic nitrogens is 1. The SMILES string of the molecule is O=C(Nc1nc(-c2cccc3ccccc23)cs1)C1COc2ccccc2O1. The van der Waals surface area contributed by atoms with E-state index in [-0.39, 0.29) is 12.5 Å². The molecule has 5 nitrogen and oxygen atoms in total. The first-order chi connectivity index (χ1) is 13.8. The Morgan fingerprint density at radius 2 is 1.79 bits per heavy atom. The summed E-state index contributed by atoms with van der Waals surface area (Å²) < 4.78 is 11.4. The molecule has 1 aliphatic heterocycles. The van der Waals surface area contributed by atoms with Crippen LogP contribution in [0.25, 0.3) is 22.0 Å². The Labute approximate surface area is 165 Å². The van der Waals surface area contributed by atoms with Gasteiger partial charge in [0.1, 0.15) is 6.61 Å². The molecule has 1 amide bonds. The molecule has 1 N–H and O–H groups in total. The highest BCUT2D eigenvalue weighted by molar-refractivity contribution is 7.14. The van der Waals surface area contributed by atoms with Gasteiger partial charge in [-0.2, -0.15) is 0 Å². The number of hydrogen-bond donors (Lipinski definition) is 1. The maximum Gasteiger partial charge on any atom is 0.270 e. The largest absolute Gasteiger partial charge is 0.485 e. The molecule has 0 fully saturated rings. The van der Waals surface area contributed by atoms with Crippen LogP contribution in [-0.4, -0.2) is 23.6 Å². The number of para-hydroxylation sites is 2. The van der Waals surface area contributed by atoms with Crippen molar-refractivity contribution in [1.29, 1.82) is 0 Å². The lowest BCUT2D eigenvalue weighted by molar-refractivity contribution is -0.125. The number of rotatable bonds is 3. The van der Waals surface area contributed by atoms with Gasteiger partial charge in [-0.15, -0.1) is 11.3 Å². The Bertz CT molecular complexity index is 1170. The molecule has 0 bridgehead atoms.